The second-order valence-electron chi connectivity index (χ2n) is 5.93. The van der Waals surface area contributed by atoms with Crippen LogP contribution in [0.4, 0.5) is 5.82 Å². The molecule has 0 amide bonds. The predicted molar refractivity (Wildman–Crippen MR) is 97.5 cm³/mol. The van der Waals surface area contributed by atoms with Crippen LogP contribution in [0.5, 0.6) is 5.75 Å². The highest BCUT2D eigenvalue weighted by atomic mass is 16.5. The molecule has 24 heavy (non-hydrogen) atoms. The van der Waals surface area contributed by atoms with Gasteiger partial charge in [0.2, 0.25) is 0 Å². The molecule has 0 bridgehead atoms. The highest BCUT2D eigenvalue weighted by Crippen LogP contribution is 2.16. The van der Waals surface area contributed by atoms with Gasteiger partial charge in [0.1, 0.15) is 11.6 Å². The molecule has 5 heteroatoms. The minimum absolute atomic E-state index is 0.891. The molecule has 0 radical (unpaired) electrons. The van der Waals surface area contributed by atoms with E-state index in [0.29, 0.717) is 0 Å². The van der Waals surface area contributed by atoms with E-state index in [-0.39, 0.29) is 0 Å². The number of anilines is 1. The summed E-state index contributed by atoms with van der Waals surface area (Å²) >= 11 is 0. The summed E-state index contributed by atoms with van der Waals surface area (Å²) in [6.45, 7) is 7.07. The van der Waals surface area contributed by atoms with Crippen LogP contribution in [0.1, 0.15) is 11.3 Å². The molecule has 0 unspecified atom stereocenters. The van der Waals surface area contributed by atoms with E-state index < -0.39 is 0 Å². The van der Waals surface area contributed by atoms with E-state index in [1.807, 2.05) is 19.1 Å². The number of rotatable bonds is 5. The number of aryl methyl sites for hydroxylation is 1. The SMILES string of the molecule is COc1ccc(C=CCN2CCN(c3nccnc3C)CC2)cc1. The van der Waals surface area contributed by atoms with Crippen molar-refractivity contribution in [2.24, 2.45) is 0 Å². The van der Waals surface area contributed by atoms with E-state index in [1.54, 1.807) is 19.5 Å². The summed E-state index contributed by atoms with van der Waals surface area (Å²) in [5.74, 6) is 1.91. The van der Waals surface area contributed by atoms with Gasteiger partial charge in [-0.15, -0.1) is 0 Å². The normalized spacial score (nSPS) is 15.8. The smallest absolute Gasteiger partial charge is 0.150 e. The topological polar surface area (TPSA) is 41.5 Å². The Morgan fingerprint density at radius 2 is 1.75 bits per heavy atom. The third kappa shape index (κ3) is 4.11. The summed E-state index contributed by atoms with van der Waals surface area (Å²) in [5.41, 5.74) is 2.20. The minimum atomic E-state index is 0.891. The molecule has 0 atom stereocenters. The van der Waals surface area contributed by atoms with Crippen molar-refractivity contribution in [3.8, 4) is 5.75 Å². The van der Waals surface area contributed by atoms with Gasteiger partial charge in [-0.2, -0.15) is 0 Å². The van der Waals surface area contributed by atoms with Crippen LogP contribution in [-0.4, -0.2) is 54.7 Å². The van der Waals surface area contributed by atoms with E-state index in [2.05, 4.69) is 44.1 Å². The molecule has 1 aromatic carbocycles. The third-order valence-electron chi connectivity index (χ3n) is 4.32. The number of methoxy groups -OCH3 is 1. The molecule has 1 aliphatic heterocycles. The Labute approximate surface area is 143 Å². The number of hydrogen-bond acceptors (Lipinski definition) is 5. The van der Waals surface area contributed by atoms with Crippen molar-refractivity contribution in [3.05, 3.63) is 54.0 Å². The first-order valence-electron chi connectivity index (χ1n) is 8.32. The first-order valence-corrected chi connectivity index (χ1v) is 8.32. The molecule has 0 saturated carbocycles. The lowest BCUT2D eigenvalue weighted by atomic mass is 10.2. The Morgan fingerprint density at radius 1 is 1.04 bits per heavy atom. The zero-order valence-electron chi connectivity index (χ0n) is 14.4. The largest absolute Gasteiger partial charge is 0.497 e. The third-order valence-corrected chi connectivity index (χ3v) is 4.32. The maximum Gasteiger partial charge on any atom is 0.150 e. The maximum atomic E-state index is 5.18. The second kappa shape index (κ2) is 7.93. The monoisotopic (exact) mass is 324 g/mol. The van der Waals surface area contributed by atoms with Gasteiger partial charge in [-0.3, -0.25) is 9.88 Å². The summed E-state index contributed by atoms with van der Waals surface area (Å²) in [6.07, 6.45) is 7.91. The van der Waals surface area contributed by atoms with Crippen LogP contribution in [0.3, 0.4) is 0 Å². The van der Waals surface area contributed by atoms with Gasteiger partial charge >= 0.3 is 0 Å². The van der Waals surface area contributed by atoms with Gasteiger partial charge in [-0.1, -0.05) is 24.3 Å². The molecule has 1 fully saturated rings. The van der Waals surface area contributed by atoms with Crippen molar-refractivity contribution in [1.29, 1.82) is 0 Å². The summed E-state index contributed by atoms with van der Waals surface area (Å²) in [4.78, 5) is 13.6. The lowest BCUT2D eigenvalue weighted by molar-refractivity contribution is 0.283. The molecule has 0 aliphatic carbocycles. The van der Waals surface area contributed by atoms with Gasteiger partial charge in [0.15, 0.2) is 0 Å². The Bertz CT molecular complexity index is 676. The number of nitrogens with zero attached hydrogens (tertiary/aromatic N) is 4. The molecule has 2 heterocycles. The molecule has 126 valence electrons. The van der Waals surface area contributed by atoms with Crippen LogP contribution >= 0.6 is 0 Å². The summed E-state index contributed by atoms with van der Waals surface area (Å²) < 4.78 is 5.18. The van der Waals surface area contributed by atoms with Crippen molar-refractivity contribution < 1.29 is 4.74 Å². The quantitative estimate of drug-likeness (QED) is 0.846. The van der Waals surface area contributed by atoms with E-state index in [1.165, 1.54) is 5.56 Å². The van der Waals surface area contributed by atoms with Crippen molar-refractivity contribution >= 4 is 11.9 Å². The summed E-state index contributed by atoms with van der Waals surface area (Å²) in [7, 11) is 1.69. The maximum absolute atomic E-state index is 5.18. The molecular weight excluding hydrogens is 300 g/mol. The summed E-state index contributed by atoms with van der Waals surface area (Å²) in [5, 5.41) is 0. The van der Waals surface area contributed by atoms with Crippen LogP contribution in [0, 0.1) is 6.92 Å². The average molecular weight is 324 g/mol. The lowest BCUT2D eigenvalue weighted by Gasteiger charge is -2.35. The molecule has 1 saturated heterocycles. The van der Waals surface area contributed by atoms with Gasteiger partial charge in [0, 0.05) is 45.1 Å². The number of benzene rings is 1. The molecular formula is C19H24N4O. The van der Waals surface area contributed by atoms with E-state index in [4.69, 9.17) is 4.74 Å². The van der Waals surface area contributed by atoms with E-state index in [0.717, 1.165) is 50.0 Å². The fourth-order valence-corrected chi connectivity index (χ4v) is 2.91. The fourth-order valence-electron chi connectivity index (χ4n) is 2.91. The van der Waals surface area contributed by atoms with Gasteiger partial charge < -0.3 is 9.64 Å². The molecule has 2 aromatic rings. The van der Waals surface area contributed by atoms with Crippen LogP contribution < -0.4 is 9.64 Å². The van der Waals surface area contributed by atoms with Crippen molar-refractivity contribution in [2.45, 2.75) is 6.92 Å². The van der Waals surface area contributed by atoms with Gasteiger partial charge in [0.05, 0.1) is 12.8 Å². The average Bonchev–Trinajstić information content (AvgIpc) is 2.63. The van der Waals surface area contributed by atoms with Crippen LogP contribution in [0.2, 0.25) is 0 Å². The molecule has 1 aromatic heterocycles. The van der Waals surface area contributed by atoms with E-state index >= 15 is 0 Å². The summed E-state index contributed by atoms with van der Waals surface area (Å²) in [6, 6.07) is 8.12. The number of aromatic nitrogens is 2. The fraction of sp³-hybridized carbons (Fsp3) is 0.368. The lowest BCUT2D eigenvalue weighted by Crippen LogP contribution is -2.46. The zero-order valence-corrected chi connectivity index (χ0v) is 14.4. The molecule has 5 nitrogen and oxygen atoms in total. The first kappa shape index (κ1) is 16.5. The Morgan fingerprint density at radius 3 is 2.42 bits per heavy atom. The van der Waals surface area contributed by atoms with Crippen molar-refractivity contribution in [3.63, 3.8) is 0 Å². The highest BCUT2D eigenvalue weighted by molar-refractivity contribution is 5.50. The number of hydrogen-bond donors (Lipinski definition) is 0. The molecule has 0 N–H and O–H groups in total. The van der Waals surface area contributed by atoms with Crippen molar-refractivity contribution in [1.82, 2.24) is 14.9 Å². The predicted octanol–water partition coefficient (Wildman–Crippen LogP) is 2.63. The van der Waals surface area contributed by atoms with Crippen molar-refractivity contribution in [2.75, 3.05) is 44.7 Å². The molecule has 3 rings (SSSR count). The number of piperazine rings is 1. The zero-order chi connectivity index (χ0) is 16.8. The van der Waals surface area contributed by atoms with Crippen LogP contribution in [0.25, 0.3) is 6.08 Å². The Balaban J connectivity index is 1.48. The highest BCUT2D eigenvalue weighted by Gasteiger charge is 2.18. The standard InChI is InChI=1S/C19H24N4O/c1-16-19(21-10-9-20-16)23-14-12-22(13-15-23)11-3-4-17-5-7-18(24-2)8-6-17/h3-10H,11-15H2,1-2H3. The molecule has 1 aliphatic rings. The molecule has 0 spiro atoms. The minimum Gasteiger partial charge on any atom is -0.497 e. The van der Waals surface area contributed by atoms with Gasteiger partial charge in [0.25, 0.3) is 0 Å². The second-order valence-corrected chi connectivity index (χ2v) is 5.93. The van der Waals surface area contributed by atoms with Gasteiger partial charge in [-0.05, 0) is 24.6 Å². The Hall–Kier alpha value is -2.40. The van der Waals surface area contributed by atoms with Crippen LogP contribution in [-0.2, 0) is 0 Å². The van der Waals surface area contributed by atoms with E-state index in [9.17, 15) is 0 Å². The Kier molecular flexibility index (Phi) is 5.43. The van der Waals surface area contributed by atoms with Crippen LogP contribution in [0.15, 0.2) is 42.7 Å². The number of ether oxygens (including phenoxy) is 1. The first-order chi connectivity index (χ1) is 11.8. The van der Waals surface area contributed by atoms with Gasteiger partial charge in [-0.25, -0.2) is 4.98 Å².